The molecule has 0 saturated heterocycles. The average molecular weight is 390 g/mol. The summed E-state index contributed by atoms with van der Waals surface area (Å²) in [6, 6.07) is 6.48. The molecule has 0 aliphatic carbocycles. The minimum Gasteiger partial charge on any atom is -0.350 e. The average Bonchev–Trinajstić information content (AvgIpc) is 2.68. The smallest absolute Gasteiger partial charge is 0.328 e. The van der Waals surface area contributed by atoms with E-state index in [4.69, 9.17) is 26.3 Å². The van der Waals surface area contributed by atoms with Crippen molar-refractivity contribution in [1.29, 1.82) is 5.26 Å². The molecular formula is C18H20ClN5O3. The van der Waals surface area contributed by atoms with E-state index in [1.165, 1.54) is 31.4 Å². The Balaban J connectivity index is 2.24. The first-order chi connectivity index (χ1) is 12.9. The van der Waals surface area contributed by atoms with Gasteiger partial charge in [-0.2, -0.15) is 5.26 Å². The van der Waals surface area contributed by atoms with E-state index < -0.39 is 12.3 Å². The van der Waals surface area contributed by atoms with Gasteiger partial charge in [-0.25, -0.2) is 14.8 Å². The highest BCUT2D eigenvalue weighted by molar-refractivity contribution is 6.32. The monoisotopic (exact) mass is 389 g/mol. The van der Waals surface area contributed by atoms with Crippen LogP contribution in [-0.4, -0.2) is 37.3 Å². The molecule has 0 aliphatic rings. The summed E-state index contributed by atoms with van der Waals surface area (Å²) in [7, 11) is 4.63. The molecule has 8 nitrogen and oxygen atoms in total. The molecule has 0 spiro atoms. The van der Waals surface area contributed by atoms with E-state index >= 15 is 0 Å². The van der Waals surface area contributed by atoms with Crippen molar-refractivity contribution < 1.29 is 14.3 Å². The van der Waals surface area contributed by atoms with Gasteiger partial charge in [-0.1, -0.05) is 24.6 Å². The number of carbonyl (C=O) groups is 1. The number of hydrogen-bond donors (Lipinski definition) is 1. The van der Waals surface area contributed by atoms with Gasteiger partial charge in [0.05, 0.1) is 10.6 Å². The fourth-order valence-corrected chi connectivity index (χ4v) is 2.58. The van der Waals surface area contributed by atoms with E-state index in [0.29, 0.717) is 11.5 Å². The Morgan fingerprint density at radius 3 is 2.67 bits per heavy atom. The number of nitriles is 1. The zero-order valence-corrected chi connectivity index (χ0v) is 16.2. The summed E-state index contributed by atoms with van der Waals surface area (Å²) in [5, 5.41) is 11.7. The summed E-state index contributed by atoms with van der Waals surface area (Å²) in [4.78, 5) is 22.4. The Kier molecular flexibility index (Phi) is 7.07. The van der Waals surface area contributed by atoms with Crippen LogP contribution in [0.25, 0.3) is 0 Å². The molecule has 1 N–H and O–H groups in total. The third-order valence-electron chi connectivity index (χ3n) is 3.89. The molecule has 0 saturated carbocycles. The van der Waals surface area contributed by atoms with Crippen molar-refractivity contribution in [2.75, 3.05) is 31.5 Å². The molecule has 0 atom stereocenters. The van der Waals surface area contributed by atoms with Crippen LogP contribution in [0.5, 0.6) is 0 Å². The fraction of sp³-hybridized carbons (Fsp3) is 0.333. The van der Waals surface area contributed by atoms with Crippen LogP contribution >= 0.6 is 11.6 Å². The van der Waals surface area contributed by atoms with Crippen LogP contribution in [0.1, 0.15) is 30.0 Å². The molecule has 0 fully saturated rings. The number of aryl methyl sites for hydroxylation is 1. The van der Waals surface area contributed by atoms with Crippen LogP contribution in [0.4, 0.5) is 16.4 Å². The topological polar surface area (TPSA) is 100 Å². The number of nitrogens with zero attached hydrogens (tertiary/aromatic N) is 4. The van der Waals surface area contributed by atoms with Gasteiger partial charge < -0.3 is 9.47 Å². The Hall–Kier alpha value is -2.73. The molecule has 2 heterocycles. The molecular weight excluding hydrogens is 370 g/mol. The molecule has 2 amide bonds. The van der Waals surface area contributed by atoms with Gasteiger partial charge in [0.2, 0.25) is 6.29 Å². The van der Waals surface area contributed by atoms with E-state index in [9.17, 15) is 4.79 Å². The lowest BCUT2D eigenvalue weighted by Crippen LogP contribution is -2.32. The fourth-order valence-electron chi connectivity index (χ4n) is 2.38. The first-order valence-corrected chi connectivity index (χ1v) is 8.48. The largest absolute Gasteiger partial charge is 0.350 e. The summed E-state index contributed by atoms with van der Waals surface area (Å²) in [5.74, 6) is 0.645. The highest BCUT2D eigenvalue weighted by Crippen LogP contribution is 2.24. The SMILES string of the molecule is CCc1ccc(N(C)C(=O)Nc2cc(Cl)c(C#N)cn2)nc1C(OC)OC. The van der Waals surface area contributed by atoms with Gasteiger partial charge in [0, 0.05) is 33.5 Å². The molecule has 2 aromatic rings. The summed E-state index contributed by atoms with van der Waals surface area (Å²) in [6.45, 7) is 2.00. The number of aromatic nitrogens is 2. The van der Waals surface area contributed by atoms with E-state index in [2.05, 4.69) is 15.3 Å². The number of rotatable bonds is 6. The molecule has 27 heavy (non-hydrogen) atoms. The van der Waals surface area contributed by atoms with Crippen LogP contribution < -0.4 is 10.2 Å². The lowest BCUT2D eigenvalue weighted by Gasteiger charge is -2.21. The predicted octanol–water partition coefficient (Wildman–Crippen LogP) is 3.52. The number of urea groups is 1. The summed E-state index contributed by atoms with van der Waals surface area (Å²) >= 11 is 5.96. The van der Waals surface area contributed by atoms with Gasteiger partial charge in [0.25, 0.3) is 0 Å². The Morgan fingerprint density at radius 2 is 2.11 bits per heavy atom. The number of hydrogen-bond acceptors (Lipinski definition) is 6. The van der Waals surface area contributed by atoms with Crippen molar-refractivity contribution in [2.45, 2.75) is 19.6 Å². The normalized spacial score (nSPS) is 10.6. The molecule has 0 unspecified atom stereocenters. The molecule has 2 rings (SSSR count). The van der Waals surface area contributed by atoms with Crippen molar-refractivity contribution in [3.05, 3.63) is 46.2 Å². The van der Waals surface area contributed by atoms with Crippen molar-refractivity contribution in [2.24, 2.45) is 0 Å². The van der Waals surface area contributed by atoms with E-state index in [1.54, 1.807) is 13.1 Å². The zero-order chi connectivity index (χ0) is 20.0. The van der Waals surface area contributed by atoms with Crippen LogP contribution in [-0.2, 0) is 15.9 Å². The highest BCUT2D eigenvalue weighted by atomic mass is 35.5. The van der Waals surface area contributed by atoms with Crippen LogP contribution in [0.3, 0.4) is 0 Å². The van der Waals surface area contributed by atoms with E-state index in [1.807, 2.05) is 19.1 Å². The maximum atomic E-state index is 12.5. The Labute approximate surface area is 162 Å². The number of methoxy groups -OCH3 is 2. The van der Waals surface area contributed by atoms with Gasteiger partial charge in [-0.05, 0) is 18.1 Å². The first-order valence-electron chi connectivity index (χ1n) is 8.10. The zero-order valence-electron chi connectivity index (χ0n) is 15.5. The third kappa shape index (κ3) is 4.71. The van der Waals surface area contributed by atoms with Gasteiger partial charge in [-0.15, -0.1) is 0 Å². The Bertz CT molecular complexity index is 865. The van der Waals surface area contributed by atoms with E-state index in [-0.39, 0.29) is 16.4 Å². The van der Waals surface area contributed by atoms with Crippen LogP contribution in [0.15, 0.2) is 24.4 Å². The van der Waals surface area contributed by atoms with Gasteiger partial charge >= 0.3 is 6.03 Å². The minimum absolute atomic E-state index is 0.209. The highest BCUT2D eigenvalue weighted by Gasteiger charge is 2.19. The molecule has 0 aliphatic heterocycles. The first kappa shape index (κ1) is 20.6. The molecule has 9 heteroatoms. The summed E-state index contributed by atoms with van der Waals surface area (Å²) in [5.41, 5.74) is 1.80. The number of anilines is 2. The molecule has 142 valence electrons. The van der Waals surface area contributed by atoms with Crippen molar-refractivity contribution in [3.63, 3.8) is 0 Å². The van der Waals surface area contributed by atoms with Crippen molar-refractivity contribution in [3.8, 4) is 6.07 Å². The quantitative estimate of drug-likeness (QED) is 0.758. The molecule has 0 aromatic carbocycles. The van der Waals surface area contributed by atoms with Crippen molar-refractivity contribution >= 4 is 29.3 Å². The van der Waals surface area contributed by atoms with Gasteiger partial charge in [0.1, 0.15) is 23.4 Å². The number of amides is 2. The third-order valence-corrected chi connectivity index (χ3v) is 4.20. The number of pyridine rings is 2. The Morgan fingerprint density at radius 1 is 1.41 bits per heavy atom. The van der Waals surface area contributed by atoms with E-state index in [0.717, 1.165) is 12.0 Å². The number of ether oxygens (including phenoxy) is 2. The second kappa shape index (κ2) is 9.28. The number of nitrogens with one attached hydrogen (secondary N) is 1. The van der Waals surface area contributed by atoms with Crippen LogP contribution in [0.2, 0.25) is 5.02 Å². The van der Waals surface area contributed by atoms with Gasteiger partial charge in [0.15, 0.2) is 0 Å². The molecule has 0 bridgehead atoms. The maximum absolute atomic E-state index is 12.5. The molecule has 0 radical (unpaired) electrons. The van der Waals surface area contributed by atoms with Crippen LogP contribution in [0, 0.1) is 11.3 Å². The number of halogens is 1. The molecule has 2 aromatic heterocycles. The standard InChI is InChI=1S/C18H20ClN5O3/c1-5-11-6-7-15(23-16(11)17(26-3)27-4)24(2)18(25)22-14-8-13(19)12(9-20)10-21-14/h6-8,10,17H,5H2,1-4H3,(H,21,22,25). The number of carbonyl (C=O) groups excluding carboxylic acids is 1. The lowest BCUT2D eigenvalue weighted by molar-refractivity contribution is -0.109. The summed E-state index contributed by atoms with van der Waals surface area (Å²) < 4.78 is 10.6. The second-order valence-electron chi connectivity index (χ2n) is 5.52. The second-order valence-corrected chi connectivity index (χ2v) is 5.93. The maximum Gasteiger partial charge on any atom is 0.328 e. The van der Waals surface area contributed by atoms with Crippen molar-refractivity contribution in [1.82, 2.24) is 9.97 Å². The van der Waals surface area contributed by atoms with Gasteiger partial charge in [-0.3, -0.25) is 10.2 Å². The minimum atomic E-state index is -0.629. The summed E-state index contributed by atoms with van der Waals surface area (Å²) in [6.07, 6.45) is 1.41. The predicted molar refractivity (Wildman–Crippen MR) is 102 cm³/mol. The lowest BCUT2D eigenvalue weighted by atomic mass is 10.1.